The molecule has 0 saturated carbocycles. The number of phenols is 5. The van der Waals surface area contributed by atoms with Crippen molar-refractivity contribution >= 4 is 17.3 Å². The summed E-state index contributed by atoms with van der Waals surface area (Å²) in [4.78, 5) is 4.70. The fourth-order valence-electron chi connectivity index (χ4n) is 7.46. The van der Waals surface area contributed by atoms with Gasteiger partial charge in [0.2, 0.25) is 17.2 Å². The summed E-state index contributed by atoms with van der Waals surface area (Å²) in [5, 5.41) is 53.5. The van der Waals surface area contributed by atoms with E-state index in [1.165, 1.54) is 33.4 Å². The summed E-state index contributed by atoms with van der Waals surface area (Å²) in [5.74, 6) is -4.28. The highest BCUT2D eigenvalue weighted by Gasteiger charge is 2.37. The number of pyridine rings is 1. The van der Waals surface area contributed by atoms with Crippen molar-refractivity contribution in [2.24, 2.45) is 0 Å². The summed E-state index contributed by atoms with van der Waals surface area (Å²) in [6, 6.07) is 46.6. The Morgan fingerprint density at radius 2 is 1.05 bits per heavy atom. The third-order valence-corrected chi connectivity index (χ3v) is 10.6. The number of nitrogens with one attached hydrogen (secondary N) is 1. The third kappa shape index (κ3) is 6.99. The molecule has 1 aromatic heterocycles. The average molecular weight is 749 g/mol. The van der Waals surface area contributed by atoms with Gasteiger partial charge in [0.25, 0.3) is 0 Å². The highest BCUT2D eigenvalue weighted by Crippen LogP contribution is 2.55. The second-order valence-electron chi connectivity index (χ2n) is 14.5. The van der Waals surface area contributed by atoms with Gasteiger partial charge in [-0.05, 0) is 73.9 Å². The number of hydrogen-bond acceptors (Lipinski definition) is 7. The largest absolute Gasteiger partial charge is 0.504 e. The van der Waals surface area contributed by atoms with Crippen LogP contribution in [0.3, 0.4) is 0 Å². The molecule has 6 aromatic carbocycles. The lowest BCUT2D eigenvalue weighted by Gasteiger charge is -2.22. The molecule has 1 aliphatic carbocycles. The van der Waals surface area contributed by atoms with Crippen molar-refractivity contribution in [1.82, 2.24) is 4.98 Å². The standard InChI is InChI=1S/C50H40N2O5/c1-50(2)41-13-7-6-11-39(41)40(42(50)29-31-14-16-33(17-15-31)32-9-4-3-5-10-32)12-8-28-51-38-26-27-43(52-30-38)36-22-18-34(19-23-36)35-20-24-37(25-21-35)44-45(53)47(55)49(57)48(56)46(44)54/h3-30,51,53-57H,1-2H3/b28-8+,40-12-,42-29+. The van der Waals surface area contributed by atoms with Gasteiger partial charge in [0.15, 0.2) is 11.5 Å². The molecule has 8 rings (SSSR count). The van der Waals surface area contributed by atoms with Crippen LogP contribution in [0.1, 0.15) is 30.5 Å². The van der Waals surface area contributed by atoms with Gasteiger partial charge < -0.3 is 30.8 Å². The quantitative estimate of drug-likeness (QED) is 0.0675. The average Bonchev–Trinajstić information content (AvgIpc) is 3.46. The zero-order chi connectivity index (χ0) is 39.7. The maximum absolute atomic E-state index is 10.3. The minimum atomic E-state index is -0.990. The van der Waals surface area contributed by atoms with E-state index in [1.807, 2.05) is 60.9 Å². The van der Waals surface area contributed by atoms with Gasteiger partial charge in [-0.1, -0.05) is 153 Å². The molecule has 0 aliphatic heterocycles. The van der Waals surface area contributed by atoms with Crippen molar-refractivity contribution in [2.45, 2.75) is 19.3 Å². The summed E-state index contributed by atoms with van der Waals surface area (Å²) < 4.78 is 0. The monoisotopic (exact) mass is 748 g/mol. The van der Waals surface area contributed by atoms with E-state index >= 15 is 0 Å². The number of aromatic hydroxyl groups is 5. The molecule has 6 N–H and O–H groups in total. The molecule has 0 amide bonds. The first kappa shape index (κ1) is 36.5. The van der Waals surface area contributed by atoms with Crippen LogP contribution in [-0.4, -0.2) is 30.5 Å². The summed E-state index contributed by atoms with van der Waals surface area (Å²) >= 11 is 0. The van der Waals surface area contributed by atoms with Gasteiger partial charge in [-0.25, -0.2) is 0 Å². The first-order chi connectivity index (χ1) is 27.6. The Balaban J connectivity index is 0.957. The van der Waals surface area contributed by atoms with E-state index in [0.29, 0.717) is 5.56 Å². The van der Waals surface area contributed by atoms with Gasteiger partial charge in [-0.3, -0.25) is 4.98 Å². The van der Waals surface area contributed by atoms with Crippen molar-refractivity contribution < 1.29 is 25.5 Å². The second-order valence-corrected chi connectivity index (χ2v) is 14.5. The van der Waals surface area contributed by atoms with Gasteiger partial charge in [-0.15, -0.1) is 0 Å². The predicted octanol–water partition coefficient (Wildman–Crippen LogP) is 11.7. The number of benzene rings is 6. The van der Waals surface area contributed by atoms with Gasteiger partial charge in [0.05, 0.1) is 23.1 Å². The number of allylic oxidation sites excluding steroid dienone is 4. The number of aromatic nitrogens is 1. The summed E-state index contributed by atoms with van der Waals surface area (Å²) in [7, 11) is 0. The molecule has 0 spiro atoms. The summed E-state index contributed by atoms with van der Waals surface area (Å²) in [6.07, 6.45) is 10.3. The molecule has 1 heterocycles. The van der Waals surface area contributed by atoms with Crippen molar-refractivity contribution in [3.63, 3.8) is 0 Å². The smallest absolute Gasteiger partial charge is 0.208 e. The number of phenolic OH excluding ortho intramolecular Hbond substituents is 5. The van der Waals surface area contributed by atoms with E-state index < -0.39 is 28.7 Å². The molecule has 1 aliphatic rings. The van der Waals surface area contributed by atoms with Crippen LogP contribution in [0.25, 0.3) is 56.3 Å². The molecule has 0 bridgehead atoms. The topological polar surface area (TPSA) is 126 Å². The van der Waals surface area contributed by atoms with Crippen LogP contribution in [0.2, 0.25) is 0 Å². The molecule has 0 unspecified atom stereocenters. The maximum atomic E-state index is 10.3. The molecule has 7 heteroatoms. The number of rotatable bonds is 8. The molecule has 7 nitrogen and oxygen atoms in total. The van der Waals surface area contributed by atoms with E-state index in [1.54, 1.807) is 24.3 Å². The number of hydrogen-bond donors (Lipinski definition) is 6. The molecule has 0 saturated heterocycles. The Hall–Kier alpha value is -7.51. The molecule has 0 radical (unpaired) electrons. The van der Waals surface area contributed by atoms with E-state index in [-0.39, 0.29) is 11.0 Å². The third-order valence-electron chi connectivity index (χ3n) is 10.6. The highest BCUT2D eigenvalue weighted by atomic mass is 16.4. The zero-order valence-corrected chi connectivity index (χ0v) is 31.3. The van der Waals surface area contributed by atoms with Crippen LogP contribution in [-0.2, 0) is 5.41 Å². The van der Waals surface area contributed by atoms with Crippen molar-refractivity contribution in [2.75, 3.05) is 5.32 Å². The van der Waals surface area contributed by atoms with Crippen LogP contribution in [0.4, 0.5) is 5.69 Å². The lowest BCUT2D eigenvalue weighted by molar-refractivity contribution is 0.330. The normalized spacial score (nSPS) is 14.6. The van der Waals surface area contributed by atoms with Crippen molar-refractivity contribution in [1.29, 1.82) is 0 Å². The van der Waals surface area contributed by atoms with E-state index in [0.717, 1.165) is 33.6 Å². The fraction of sp³-hybridized carbons (Fsp3) is 0.0600. The maximum Gasteiger partial charge on any atom is 0.208 e. The van der Waals surface area contributed by atoms with Crippen LogP contribution in [0, 0.1) is 0 Å². The van der Waals surface area contributed by atoms with Crippen molar-refractivity contribution in [3.05, 3.63) is 186 Å². The van der Waals surface area contributed by atoms with Gasteiger partial charge in [0, 0.05) is 17.2 Å². The fourth-order valence-corrected chi connectivity index (χ4v) is 7.46. The minimum absolute atomic E-state index is 0.161. The lowest BCUT2D eigenvalue weighted by Crippen LogP contribution is -2.14. The van der Waals surface area contributed by atoms with Gasteiger partial charge in [-0.2, -0.15) is 0 Å². The van der Waals surface area contributed by atoms with Crippen LogP contribution >= 0.6 is 0 Å². The Bertz CT molecular complexity index is 2650. The van der Waals surface area contributed by atoms with Crippen LogP contribution in [0.15, 0.2) is 170 Å². The molecule has 7 aromatic rings. The van der Waals surface area contributed by atoms with Crippen LogP contribution < -0.4 is 5.32 Å². The molecule has 57 heavy (non-hydrogen) atoms. The van der Waals surface area contributed by atoms with Crippen LogP contribution in [0.5, 0.6) is 28.7 Å². The first-order valence-electron chi connectivity index (χ1n) is 18.6. The molecule has 0 atom stereocenters. The van der Waals surface area contributed by atoms with Gasteiger partial charge >= 0.3 is 0 Å². The first-order valence-corrected chi connectivity index (χ1v) is 18.6. The van der Waals surface area contributed by atoms with E-state index in [9.17, 15) is 25.5 Å². The molecule has 280 valence electrons. The van der Waals surface area contributed by atoms with Gasteiger partial charge in [0.1, 0.15) is 0 Å². The second kappa shape index (κ2) is 15.0. The SMILES string of the molecule is CC1(C)C(=C/c2ccc(-c3ccccc3)cc2)/C(=C\C=C\Nc2ccc(-c3ccc(-c4ccc(-c5c(O)c(O)c(O)c(O)c5O)cc4)cc3)nc2)c2ccccc21. The Morgan fingerprint density at radius 3 is 1.67 bits per heavy atom. The Morgan fingerprint density at radius 1 is 0.526 bits per heavy atom. The predicted molar refractivity (Wildman–Crippen MR) is 229 cm³/mol. The molecule has 0 fully saturated rings. The lowest BCUT2D eigenvalue weighted by atomic mass is 9.81. The van der Waals surface area contributed by atoms with E-state index in [4.69, 9.17) is 4.98 Å². The Kier molecular flexibility index (Phi) is 9.57. The number of anilines is 1. The van der Waals surface area contributed by atoms with E-state index in [2.05, 4.69) is 104 Å². The molecular weight excluding hydrogens is 709 g/mol. The minimum Gasteiger partial charge on any atom is -0.504 e. The highest BCUT2D eigenvalue weighted by molar-refractivity contribution is 5.94. The Labute approximate surface area is 331 Å². The summed E-state index contributed by atoms with van der Waals surface area (Å²) in [6.45, 7) is 4.58. The zero-order valence-electron chi connectivity index (χ0n) is 31.3. The number of nitrogens with zero attached hydrogens (tertiary/aromatic N) is 1. The summed E-state index contributed by atoms with van der Waals surface area (Å²) in [5.41, 5.74) is 13.0. The van der Waals surface area contributed by atoms with Crippen molar-refractivity contribution in [3.8, 4) is 73.4 Å². The number of fused-ring (bicyclic) bond motifs is 1. The molecular formula is C50H40N2O5.